The number of H-pyrrole nitrogens is 1. The average Bonchev–Trinajstić information content (AvgIpc) is 2.64. The highest BCUT2D eigenvalue weighted by molar-refractivity contribution is 9.11. The lowest BCUT2D eigenvalue weighted by Gasteiger charge is -1.99. The van der Waals surface area contributed by atoms with Crippen molar-refractivity contribution in [3.05, 3.63) is 38.0 Å². The van der Waals surface area contributed by atoms with Crippen molar-refractivity contribution in [2.24, 2.45) is 5.73 Å². The van der Waals surface area contributed by atoms with Gasteiger partial charge in [0.05, 0.1) is 14.4 Å². The van der Waals surface area contributed by atoms with Gasteiger partial charge in [-0.05, 0) is 28.1 Å². The number of rotatable bonds is 2. The van der Waals surface area contributed by atoms with Gasteiger partial charge in [0.2, 0.25) is 0 Å². The van der Waals surface area contributed by atoms with Gasteiger partial charge in [-0.2, -0.15) is 0 Å². The summed E-state index contributed by atoms with van der Waals surface area (Å²) in [7, 11) is 0. The van der Waals surface area contributed by atoms with Crippen LogP contribution in [0.3, 0.4) is 0 Å². The molecule has 2 aromatic rings. The molecule has 3 N–H and O–H groups in total. The zero-order valence-corrected chi connectivity index (χ0v) is 10.1. The lowest BCUT2D eigenvalue weighted by molar-refractivity contribution is 0.958. The maximum atomic E-state index is 11.3. The number of aromatic nitrogens is 2. The van der Waals surface area contributed by atoms with E-state index in [1.165, 1.54) is 17.4 Å². The molecule has 2 aromatic heterocycles. The van der Waals surface area contributed by atoms with Crippen molar-refractivity contribution in [3.63, 3.8) is 0 Å². The van der Waals surface area contributed by atoms with Crippen LogP contribution in [-0.4, -0.2) is 9.97 Å². The van der Waals surface area contributed by atoms with Crippen molar-refractivity contribution in [2.75, 3.05) is 0 Å². The van der Waals surface area contributed by atoms with E-state index in [-0.39, 0.29) is 12.1 Å². The lowest BCUT2D eigenvalue weighted by atomic mass is 10.3. The van der Waals surface area contributed by atoms with Gasteiger partial charge in [-0.1, -0.05) is 0 Å². The van der Waals surface area contributed by atoms with Crippen molar-refractivity contribution >= 4 is 27.3 Å². The Labute approximate surface area is 98.3 Å². The Kier molecular flexibility index (Phi) is 2.99. The van der Waals surface area contributed by atoms with E-state index >= 15 is 0 Å². The van der Waals surface area contributed by atoms with Gasteiger partial charge in [0.1, 0.15) is 0 Å². The molecule has 2 heterocycles. The maximum Gasteiger partial charge on any atom is 0.251 e. The maximum absolute atomic E-state index is 11.3. The summed E-state index contributed by atoms with van der Waals surface area (Å²) in [6.07, 6.45) is 0. The van der Waals surface area contributed by atoms with Crippen molar-refractivity contribution in [3.8, 4) is 10.7 Å². The summed E-state index contributed by atoms with van der Waals surface area (Å²) >= 11 is 4.87. The molecule has 0 saturated heterocycles. The van der Waals surface area contributed by atoms with Gasteiger partial charge in [0.15, 0.2) is 5.82 Å². The van der Waals surface area contributed by atoms with Crippen molar-refractivity contribution < 1.29 is 0 Å². The minimum Gasteiger partial charge on any atom is -0.325 e. The third-order valence-corrected chi connectivity index (χ3v) is 3.44. The molecule has 0 fully saturated rings. The summed E-state index contributed by atoms with van der Waals surface area (Å²) in [6.45, 7) is 0.267. The Morgan fingerprint density at radius 1 is 1.53 bits per heavy atom. The summed E-state index contributed by atoms with van der Waals surface area (Å²) in [5.74, 6) is 0.568. The smallest absolute Gasteiger partial charge is 0.251 e. The minimum atomic E-state index is -0.176. The topological polar surface area (TPSA) is 71.8 Å². The fourth-order valence-electron chi connectivity index (χ4n) is 1.17. The first-order chi connectivity index (χ1) is 7.19. The average molecular weight is 286 g/mol. The van der Waals surface area contributed by atoms with Crippen LogP contribution in [0.1, 0.15) is 5.69 Å². The second-order valence-corrected chi connectivity index (χ2v) is 5.36. The number of nitrogens with two attached hydrogens (primary N) is 1. The molecule has 0 radical (unpaired) electrons. The summed E-state index contributed by atoms with van der Waals surface area (Å²) in [4.78, 5) is 19.1. The molecule has 0 bridgehead atoms. The van der Waals surface area contributed by atoms with E-state index in [9.17, 15) is 4.79 Å². The summed E-state index contributed by atoms with van der Waals surface area (Å²) in [5.41, 5.74) is 5.87. The second-order valence-electron chi connectivity index (χ2n) is 2.89. The highest BCUT2D eigenvalue weighted by Crippen LogP contribution is 2.28. The van der Waals surface area contributed by atoms with Crippen molar-refractivity contribution in [1.82, 2.24) is 9.97 Å². The van der Waals surface area contributed by atoms with Crippen LogP contribution in [0.4, 0.5) is 0 Å². The molecule has 6 heteroatoms. The summed E-state index contributed by atoms with van der Waals surface area (Å²) in [6, 6.07) is 5.22. The molecule has 0 amide bonds. The van der Waals surface area contributed by atoms with Crippen LogP contribution >= 0.6 is 27.3 Å². The van der Waals surface area contributed by atoms with E-state index in [0.717, 1.165) is 8.66 Å². The molecule has 0 aromatic carbocycles. The molecule has 15 heavy (non-hydrogen) atoms. The monoisotopic (exact) mass is 285 g/mol. The Bertz CT molecular complexity index is 534. The predicted molar refractivity (Wildman–Crippen MR) is 63.8 cm³/mol. The van der Waals surface area contributed by atoms with E-state index in [2.05, 4.69) is 25.9 Å². The Balaban J connectivity index is 2.53. The zero-order valence-electron chi connectivity index (χ0n) is 7.66. The molecule has 78 valence electrons. The molecule has 0 aliphatic rings. The molecule has 0 unspecified atom stereocenters. The Morgan fingerprint density at radius 3 is 2.93 bits per heavy atom. The number of thiophene rings is 1. The lowest BCUT2D eigenvalue weighted by Crippen LogP contribution is -2.12. The van der Waals surface area contributed by atoms with Crippen LogP contribution in [0.15, 0.2) is 26.8 Å². The fourth-order valence-corrected chi connectivity index (χ4v) is 2.50. The molecule has 0 aliphatic heterocycles. The number of hydrogen-bond acceptors (Lipinski definition) is 4. The number of nitrogens with one attached hydrogen (secondary N) is 1. The van der Waals surface area contributed by atoms with Gasteiger partial charge in [0, 0.05) is 12.6 Å². The largest absolute Gasteiger partial charge is 0.325 e. The van der Waals surface area contributed by atoms with Gasteiger partial charge >= 0.3 is 0 Å². The third kappa shape index (κ3) is 2.34. The van der Waals surface area contributed by atoms with E-state index in [4.69, 9.17) is 5.73 Å². The second kappa shape index (κ2) is 4.26. The van der Waals surface area contributed by atoms with E-state index in [1.54, 1.807) is 0 Å². The first-order valence-electron chi connectivity index (χ1n) is 4.25. The van der Waals surface area contributed by atoms with Gasteiger partial charge < -0.3 is 10.7 Å². The van der Waals surface area contributed by atoms with Gasteiger partial charge in [-0.3, -0.25) is 4.79 Å². The minimum absolute atomic E-state index is 0.176. The zero-order chi connectivity index (χ0) is 10.8. The quantitative estimate of drug-likeness (QED) is 0.883. The van der Waals surface area contributed by atoms with Crippen LogP contribution in [0.2, 0.25) is 0 Å². The Hall–Kier alpha value is -0.980. The number of hydrogen-bond donors (Lipinski definition) is 2. The van der Waals surface area contributed by atoms with Crippen LogP contribution in [-0.2, 0) is 6.54 Å². The Morgan fingerprint density at radius 2 is 2.33 bits per heavy atom. The molecule has 0 spiro atoms. The highest BCUT2D eigenvalue weighted by atomic mass is 79.9. The SMILES string of the molecule is NCc1cc(=O)[nH]c(-c2ccc(Br)s2)n1. The third-order valence-electron chi connectivity index (χ3n) is 1.81. The number of nitrogens with zero attached hydrogens (tertiary/aromatic N) is 1. The van der Waals surface area contributed by atoms with E-state index in [0.29, 0.717) is 11.5 Å². The number of halogens is 1. The first kappa shape index (κ1) is 10.5. The molecule has 2 rings (SSSR count). The predicted octanol–water partition coefficient (Wildman–Crippen LogP) is 1.72. The molecular formula is C9H8BrN3OS. The molecule has 0 aliphatic carbocycles. The van der Waals surface area contributed by atoms with Gasteiger partial charge in [-0.15, -0.1) is 11.3 Å². The van der Waals surface area contributed by atoms with Crippen LogP contribution < -0.4 is 11.3 Å². The summed E-state index contributed by atoms with van der Waals surface area (Å²) < 4.78 is 0.998. The molecule has 0 saturated carbocycles. The molecule has 0 atom stereocenters. The van der Waals surface area contributed by atoms with E-state index in [1.807, 2.05) is 12.1 Å². The number of aromatic amines is 1. The van der Waals surface area contributed by atoms with Crippen LogP contribution in [0, 0.1) is 0 Å². The molecule has 4 nitrogen and oxygen atoms in total. The van der Waals surface area contributed by atoms with Crippen molar-refractivity contribution in [2.45, 2.75) is 6.54 Å². The summed E-state index contributed by atoms with van der Waals surface area (Å²) in [5, 5.41) is 0. The van der Waals surface area contributed by atoms with Crippen LogP contribution in [0.5, 0.6) is 0 Å². The van der Waals surface area contributed by atoms with E-state index < -0.39 is 0 Å². The fraction of sp³-hybridized carbons (Fsp3) is 0.111. The van der Waals surface area contributed by atoms with Crippen LogP contribution in [0.25, 0.3) is 10.7 Å². The standard InChI is InChI=1S/C9H8BrN3OS/c10-7-2-1-6(15-7)9-12-5(4-11)3-8(14)13-9/h1-3H,4,11H2,(H,12,13,14). The highest BCUT2D eigenvalue weighted by Gasteiger charge is 2.05. The van der Waals surface area contributed by atoms with Gasteiger partial charge in [0.25, 0.3) is 5.56 Å². The van der Waals surface area contributed by atoms with Crippen molar-refractivity contribution in [1.29, 1.82) is 0 Å². The first-order valence-corrected chi connectivity index (χ1v) is 5.86. The van der Waals surface area contributed by atoms with Gasteiger partial charge in [-0.25, -0.2) is 4.98 Å². The molecular weight excluding hydrogens is 278 g/mol. The normalized spacial score (nSPS) is 10.5.